The summed E-state index contributed by atoms with van der Waals surface area (Å²) in [6.45, 7) is 5.99. The highest BCUT2D eigenvalue weighted by molar-refractivity contribution is 6.09. The fraction of sp³-hybridized carbons (Fsp3) is 0.577. The van der Waals surface area contributed by atoms with Gasteiger partial charge < -0.3 is 25.4 Å². The second kappa shape index (κ2) is 9.41. The van der Waals surface area contributed by atoms with Gasteiger partial charge in [-0.05, 0) is 75.6 Å². The quantitative estimate of drug-likeness (QED) is 0.553. The van der Waals surface area contributed by atoms with Crippen molar-refractivity contribution in [1.82, 2.24) is 30.5 Å². The van der Waals surface area contributed by atoms with E-state index >= 15 is 0 Å². The van der Waals surface area contributed by atoms with Crippen molar-refractivity contribution in [2.45, 2.75) is 44.6 Å². The van der Waals surface area contributed by atoms with Crippen molar-refractivity contribution in [1.29, 1.82) is 0 Å². The molecule has 3 fully saturated rings. The normalized spacial score (nSPS) is 24.2. The summed E-state index contributed by atoms with van der Waals surface area (Å²) in [6.07, 6.45) is 12.6. The summed E-state index contributed by atoms with van der Waals surface area (Å²) < 4.78 is 0. The van der Waals surface area contributed by atoms with Gasteiger partial charge in [0.05, 0.1) is 11.7 Å². The summed E-state index contributed by atoms with van der Waals surface area (Å²) in [5.74, 6) is 1.46. The summed E-state index contributed by atoms with van der Waals surface area (Å²) >= 11 is 0. The molecule has 3 N–H and O–H groups in total. The number of rotatable bonds is 4. The number of carbonyl (C=O) groups excluding carboxylic acids is 1. The van der Waals surface area contributed by atoms with Crippen LogP contribution in [-0.2, 0) is 0 Å². The number of likely N-dealkylation sites (tertiary alicyclic amines) is 1. The highest BCUT2D eigenvalue weighted by Gasteiger charge is 2.29. The Bertz CT molecular complexity index is 1150. The zero-order valence-electron chi connectivity index (χ0n) is 19.8. The Morgan fingerprint density at radius 2 is 2.00 bits per heavy atom. The number of pyridine rings is 2. The summed E-state index contributed by atoms with van der Waals surface area (Å²) in [5, 5.41) is 9.11. The molecule has 0 spiro atoms. The van der Waals surface area contributed by atoms with Gasteiger partial charge in [-0.1, -0.05) is 0 Å². The first-order chi connectivity index (χ1) is 16.7. The van der Waals surface area contributed by atoms with Gasteiger partial charge in [-0.25, -0.2) is 14.8 Å². The van der Waals surface area contributed by atoms with E-state index in [9.17, 15) is 4.79 Å². The molecule has 2 unspecified atom stereocenters. The molecule has 8 heteroatoms. The minimum atomic E-state index is 0.142. The first-order valence-corrected chi connectivity index (χ1v) is 13.0. The number of nitrogens with one attached hydrogen (secondary N) is 3. The van der Waals surface area contributed by atoms with Crippen LogP contribution in [0.2, 0.25) is 0 Å². The Hall–Kier alpha value is -2.87. The van der Waals surface area contributed by atoms with Crippen LogP contribution in [0.25, 0.3) is 21.9 Å². The van der Waals surface area contributed by atoms with E-state index in [-0.39, 0.29) is 12.1 Å². The summed E-state index contributed by atoms with van der Waals surface area (Å²) in [7, 11) is 0. The molecule has 0 bridgehead atoms. The molecule has 3 aromatic rings. The van der Waals surface area contributed by atoms with Crippen LogP contribution < -0.4 is 15.5 Å². The number of amides is 2. The smallest absolute Gasteiger partial charge is 0.317 e. The van der Waals surface area contributed by atoms with Crippen molar-refractivity contribution in [2.75, 3.05) is 44.2 Å². The maximum Gasteiger partial charge on any atom is 0.317 e. The minimum absolute atomic E-state index is 0.142. The van der Waals surface area contributed by atoms with Crippen LogP contribution in [0.5, 0.6) is 0 Å². The molecule has 34 heavy (non-hydrogen) atoms. The number of hydrogen-bond donors (Lipinski definition) is 3. The lowest BCUT2D eigenvalue weighted by Crippen LogP contribution is -2.51. The van der Waals surface area contributed by atoms with Gasteiger partial charge in [0, 0.05) is 61.1 Å². The van der Waals surface area contributed by atoms with E-state index in [1.807, 2.05) is 24.7 Å². The predicted octanol–water partition coefficient (Wildman–Crippen LogP) is 3.50. The van der Waals surface area contributed by atoms with E-state index in [0.29, 0.717) is 5.92 Å². The molecular weight excluding hydrogens is 426 g/mol. The molecule has 0 radical (unpaired) electrons. The number of piperidine rings is 2. The molecule has 2 atom stereocenters. The lowest BCUT2D eigenvalue weighted by Gasteiger charge is -2.37. The number of aromatic nitrogens is 3. The van der Waals surface area contributed by atoms with Gasteiger partial charge in [0.15, 0.2) is 5.65 Å². The second-order valence-corrected chi connectivity index (χ2v) is 10.4. The molecule has 6 heterocycles. The summed E-state index contributed by atoms with van der Waals surface area (Å²) in [5.41, 5.74) is 3.04. The first kappa shape index (κ1) is 21.6. The van der Waals surface area contributed by atoms with Crippen LogP contribution in [0.4, 0.5) is 10.5 Å². The van der Waals surface area contributed by atoms with Gasteiger partial charge in [0.2, 0.25) is 0 Å². The van der Waals surface area contributed by atoms with E-state index in [4.69, 9.17) is 0 Å². The van der Waals surface area contributed by atoms with Crippen molar-refractivity contribution in [3.8, 4) is 0 Å². The summed E-state index contributed by atoms with van der Waals surface area (Å²) in [6, 6.07) is 4.58. The molecule has 180 valence electrons. The lowest BCUT2D eigenvalue weighted by atomic mass is 9.88. The Morgan fingerprint density at radius 3 is 2.85 bits per heavy atom. The highest BCUT2D eigenvalue weighted by Crippen LogP contribution is 2.32. The van der Waals surface area contributed by atoms with Crippen molar-refractivity contribution in [3.05, 3.63) is 30.7 Å². The molecule has 0 saturated carbocycles. The monoisotopic (exact) mass is 461 g/mol. The van der Waals surface area contributed by atoms with Crippen molar-refractivity contribution < 1.29 is 4.79 Å². The first-order valence-electron chi connectivity index (χ1n) is 13.0. The fourth-order valence-corrected chi connectivity index (χ4v) is 6.26. The Morgan fingerprint density at radius 1 is 1.09 bits per heavy atom. The lowest BCUT2D eigenvalue weighted by molar-refractivity contribution is 0.152. The van der Waals surface area contributed by atoms with Crippen LogP contribution >= 0.6 is 0 Å². The Kier molecular flexibility index (Phi) is 5.99. The van der Waals surface area contributed by atoms with Gasteiger partial charge in [0.25, 0.3) is 0 Å². The Labute approximate surface area is 200 Å². The molecule has 3 aliphatic heterocycles. The van der Waals surface area contributed by atoms with E-state index in [0.717, 1.165) is 81.0 Å². The van der Waals surface area contributed by atoms with Gasteiger partial charge in [-0.3, -0.25) is 0 Å². The van der Waals surface area contributed by atoms with E-state index < -0.39 is 0 Å². The number of carbonyl (C=O) groups is 1. The van der Waals surface area contributed by atoms with E-state index in [1.54, 1.807) is 0 Å². The van der Waals surface area contributed by atoms with Gasteiger partial charge in [-0.15, -0.1) is 0 Å². The van der Waals surface area contributed by atoms with Gasteiger partial charge in [0.1, 0.15) is 0 Å². The maximum absolute atomic E-state index is 13.1. The SMILES string of the molecule is O=C(NC1CCN(c2cc[nH]c3cnc4nccc4c23)CC1)N1CCCC(CC2CCNC2)C1. The number of hydrogen-bond acceptors (Lipinski definition) is 5. The molecule has 3 saturated heterocycles. The molecular formula is C26H35N7O. The number of aromatic amines is 1. The number of fused-ring (bicyclic) bond motifs is 3. The summed E-state index contributed by atoms with van der Waals surface area (Å²) in [4.78, 5) is 29.8. The Balaban J connectivity index is 1.07. The van der Waals surface area contributed by atoms with Gasteiger partial charge in [-0.2, -0.15) is 0 Å². The molecule has 0 aromatic carbocycles. The minimum Gasteiger partial charge on any atom is -0.371 e. The molecule has 0 aliphatic carbocycles. The number of H-pyrrole nitrogens is 1. The molecule has 6 rings (SSSR count). The maximum atomic E-state index is 13.1. The van der Waals surface area contributed by atoms with Crippen LogP contribution in [0.3, 0.4) is 0 Å². The predicted molar refractivity (Wildman–Crippen MR) is 135 cm³/mol. The fourth-order valence-electron chi connectivity index (χ4n) is 6.26. The standard InChI is InChI=1S/C26H35N7O/c34-26(33-11-1-2-19(17-33)14-18-3-8-27-15-18)31-20-6-12-32(13-7-20)23-5-10-28-22-16-30-25-21(24(22)23)4-9-29-25/h4-5,9-10,16,18-20,27-28H,1-3,6-8,11-15,17H2,(H,31,34). The van der Waals surface area contributed by atoms with E-state index in [2.05, 4.69) is 41.5 Å². The highest BCUT2D eigenvalue weighted by atomic mass is 16.2. The molecule has 3 aliphatic rings. The second-order valence-electron chi connectivity index (χ2n) is 10.4. The van der Waals surface area contributed by atoms with Crippen LogP contribution in [0.15, 0.2) is 30.7 Å². The zero-order valence-corrected chi connectivity index (χ0v) is 19.8. The average molecular weight is 462 g/mol. The van der Waals surface area contributed by atoms with Crippen molar-refractivity contribution in [2.24, 2.45) is 11.8 Å². The molecule has 3 aromatic heterocycles. The molecule has 8 nitrogen and oxygen atoms in total. The van der Waals surface area contributed by atoms with Crippen LogP contribution in [0.1, 0.15) is 38.5 Å². The van der Waals surface area contributed by atoms with Gasteiger partial charge >= 0.3 is 6.03 Å². The number of anilines is 1. The number of urea groups is 1. The topological polar surface area (TPSA) is 89.2 Å². The van der Waals surface area contributed by atoms with Crippen molar-refractivity contribution in [3.63, 3.8) is 0 Å². The van der Waals surface area contributed by atoms with Crippen LogP contribution in [0, 0.1) is 11.8 Å². The number of nitrogens with zero attached hydrogens (tertiary/aromatic N) is 4. The van der Waals surface area contributed by atoms with Crippen molar-refractivity contribution >= 4 is 33.7 Å². The molecule has 2 amide bonds. The zero-order chi connectivity index (χ0) is 22.9. The largest absolute Gasteiger partial charge is 0.371 e. The third kappa shape index (κ3) is 4.31. The van der Waals surface area contributed by atoms with Crippen LogP contribution in [-0.4, -0.2) is 71.2 Å². The van der Waals surface area contributed by atoms with E-state index in [1.165, 1.54) is 30.3 Å². The third-order valence-corrected chi connectivity index (χ3v) is 8.07. The third-order valence-electron chi connectivity index (χ3n) is 8.07. The average Bonchev–Trinajstić information content (AvgIpc) is 3.56.